The van der Waals surface area contributed by atoms with E-state index in [0.717, 1.165) is 23.8 Å². The number of hydrogen-bond donors (Lipinski definition) is 1. The van der Waals surface area contributed by atoms with E-state index in [1.807, 2.05) is 0 Å². The molecule has 150 valence electrons. The van der Waals surface area contributed by atoms with Crippen LogP contribution in [-0.2, 0) is 4.79 Å². The Labute approximate surface area is 165 Å². The SMILES string of the molecule is C/C=C1/C(=O)C[C@@]2(C)[C@@H]3CC[C@H]4C(C)(C)[C@@H](NC)CC[C@@]45C[C@@]35CC[C@]12C. The lowest BCUT2D eigenvalue weighted by atomic mass is 9.42. The Balaban J connectivity index is 1.56. The summed E-state index contributed by atoms with van der Waals surface area (Å²) >= 11 is 0. The Kier molecular flexibility index (Phi) is 3.47. The van der Waals surface area contributed by atoms with Gasteiger partial charge in [-0.1, -0.05) is 33.8 Å². The second-order valence-corrected chi connectivity index (χ2v) is 11.9. The molecule has 2 nitrogen and oxygen atoms in total. The highest BCUT2D eigenvalue weighted by Gasteiger charge is 2.82. The van der Waals surface area contributed by atoms with E-state index in [4.69, 9.17) is 0 Å². The van der Waals surface area contributed by atoms with Crippen molar-refractivity contribution in [3.8, 4) is 0 Å². The van der Waals surface area contributed by atoms with Crippen molar-refractivity contribution in [1.82, 2.24) is 5.32 Å². The molecule has 1 N–H and O–H groups in total. The lowest BCUT2D eigenvalue weighted by Gasteiger charge is -2.62. The van der Waals surface area contributed by atoms with Crippen molar-refractivity contribution in [3.05, 3.63) is 11.6 Å². The van der Waals surface area contributed by atoms with E-state index in [1.165, 1.54) is 44.9 Å². The van der Waals surface area contributed by atoms with Crippen LogP contribution >= 0.6 is 0 Å². The Hall–Kier alpha value is -0.630. The van der Waals surface area contributed by atoms with E-state index in [0.29, 0.717) is 28.1 Å². The quantitative estimate of drug-likeness (QED) is 0.616. The smallest absolute Gasteiger partial charge is 0.159 e. The molecule has 0 radical (unpaired) electrons. The monoisotopic (exact) mass is 369 g/mol. The molecule has 7 atom stereocenters. The van der Waals surface area contributed by atoms with Crippen LogP contribution in [0.2, 0.25) is 0 Å². The molecule has 0 bridgehead atoms. The number of carbonyl (C=O) groups excluding carboxylic acids is 1. The zero-order chi connectivity index (χ0) is 19.5. The molecular weight excluding hydrogens is 330 g/mol. The summed E-state index contributed by atoms with van der Waals surface area (Å²) in [5.74, 6) is 2.07. The van der Waals surface area contributed by atoms with E-state index >= 15 is 0 Å². The maximum atomic E-state index is 13.0. The van der Waals surface area contributed by atoms with Gasteiger partial charge < -0.3 is 5.32 Å². The summed E-state index contributed by atoms with van der Waals surface area (Å²) in [4.78, 5) is 13.0. The van der Waals surface area contributed by atoms with Crippen LogP contribution in [-0.4, -0.2) is 18.9 Å². The van der Waals surface area contributed by atoms with Gasteiger partial charge in [0.15, 0.2) is 5.78 Å². The highest BCUT2D eigenvalue weighted by atomic mass is 16.1. The highest BCUT2D eigenvalue weighted by Crippen LogP contribution is 2.88. The van der Waals surface area contributed by atoms with Crippen LogP contribution in [0.15, 0.2) is 11.6 Å². The third kappa shape index (κ3) is 1.77. The van der Waals surface area contributed by atoms with Gasteiger partial charge in [0.1, 0.15) is 0 Å². The summed E-state index contributed by atoms with van der Waals surface area (Å²) in [5, 5.41) is 3.65. The first-order chi connectivity index (χ1) is 12.6. The molecule has 2 spiro atoms. The number of ketones is 1. The molecule has 27 heavy (non-hydrogen) atoms. The van der Waals surface area contributed by atoms with Gasteiger partial charge in [0.2, 0.25) is 0 Å². The first-order valence-corrected chi connectivity index (χ1v) is 11.5. The molecule has 5 saturated carbocycles. The predicted octanol–water partition coefficient (Wildman–Crippen LogP) is 5.52. The Morgan fingerprint density at radius 1 is 0.963 bits per heavy atom. The minimum Gasteiger partial charge on any atom is -0.316 e. The summed E-state index contributed by atoms with van der Waals surface area (Å²) < 4.78 is 0. The molecule has 0 unspecified atom stereocenters. The summed E-state index contributed by atoms with van der Waals surface area (Å²) in [6.07, 6.45) is 12.5. The molecule has 0 aliphatic heterocycles. The maximum absolute atomic E-state index is 13.0. The van der Waals surface area contributed by atoms with Crippen molar-refractivity contribution in [1.29, 1.82) is 0 Å². The van der Waals surface area contributed by atoms with E-state index in [9.17, 15) is 4.79 Å². The van der Waals surface area contributed by atoms with Crippen molar-refractivity contribution in [3.63, 3.8) is 0 Å². The molecule has 0 heterocycles. The average Bonchev–Trinajstić information content (AvgIpc) is 3.21. The van der Waals surface area contributed by atoms with Gasteiger partial charge in [0, 0.05) is 17.9 Å². The first kappa shape index (κ1) is 18.4. The molecule has 0 aromatic heterocycles. The number of carbonyl (C=O) groups is 1. The second kappa shape index (κ2) is 5.10. The van der Waals surface area contributed by atoms with Gasteiger partial charge in [-0.15, -0.1) is 0 Å². The summed E-state index contributed by atoms with van der Waals surface area (Å²) in [6, 6.07) is 0.662. The number of Topliss-reactive ketones (excluding diaryl/α,β-unsaturated/α-hetero) is 1. The van der Waals surface area contributed by atoms with Crippen molar-refractivity contribution < 1.29 is 4.79 Å². The number of allylic oxidation sites excluding steroid dienone is 2. The fourth-order valence-electron chi connectivity index (χ4n) is 10.0. The third-order valence-electron chi connectivity index (χ3n) is 11.4. The number of fused-ring (bicyclic) bond motifs is 2. The fraction of sp³-hybridized carbons (Fsp3) is 0.880. The molecule has 0 amide bonds. The minimum atomic E-state index is 0.114. The molecule has 5 aliphatic rings. The molecule has 2 heteroatoms. The zero-order valence-electron chi connectivity index (χ0n) is 18.4. The largest absolute Gasteiger partial charge is 0.316 e. The van der Waals surface area contributed by atoms with Gasteiger partial charge in [-0.05, 0) is 98.0 Å². The molecule has 5 rings (SSSR count). The fourth-order valence-corrected chi connectivity index (χ4v) is 10.0. The lowest BCUT2D eigenvalue weighted by Crippen LogP contribution is -2.58. The second-order valence-electron chi connectivity index (χ2n) is 11.9. The van der Waals surface area contributed by atoms with Crippen LogP contribution in [0.5, 0.6) is 0 Å². The number of hydrogen-bond acceptors (Lipinski definition) is 2. The normalized spacial score (nSPS) is 56.9. The summed E-state index contributed by atoms with van der Waals surface area (Å²) in [5.41, 5.74) is 2.98. The summed E-state index contributed by atoms with van der Waals surface area (Å²) in [6.45, 7) is 12.1. The molecule has 0 aromatic carbocycles. The maximum Gasteiger partial charge on any atom is 0.159 e. The average molecular weight is 370 g/mol. The molecule has 5 aliphatic carbocycles. The van der Waals surface area contributed by atoms with Crippen molar-refractivity contribution in [2.24, 2.45) is 38.9 Å². The van der Waals surface area contributed by atoms with Gasteiger partial charge in [0.05, 0.1) is 0 Å². The molecule has 0 saturated heterocycles. The van der Waals surface area contributed by atoms with Crippen molar-refractivity contribution in [2.45, 2.75) is 92.0 Å². The minimum absolute atomic E-state index is 0.114. The standard InChI is InChI=1S/C25H39NO/c1-7-16-17(27)14-23(5)19-9-8-18-21(2,3)20(26-6)10-11-24(18)15-25(19,24)13-12-22(16,23)4/h7,18-20,26H,8-15H2,1-6H3/b16-7-/t18-,19-,20-,22+,23-,24+,25-/m0/s1. The van der Waals surface area contributed by atoms with Crippen LogP contribution < -0.4 is 5.32 Å². The van der Waals surface area contributed by atoms with Crippen LogP contribution in [0.25, 0.3) is 0 Å². The van der Waals surface area contributed by atoms with Crippen molar-refractivity contribution >= 4 is 5.78 Å². The van der Waals surface area contributed by atoms with Crippen LogP contribution in [0, 0.1) is 38.9 Å². The first-order valence-electron chi connectivity index (χ1n) is 11.5. The van der Waals surface area contributed by atoms with Gasteiger partial charge >= 0.3 is 0 Å². The molecule has 5 fully saturated rings. The van der Waals surface area contributed by atoms with E-state index in [2.05, 4.69) is 53.1 Å². The predicted molar refractivity (Wildman–Crippen MR) is 110 cm³/mol. The lowest BCUT2D eigenvalue weighted by molar-refractivity contribution is -0.129. The Morgan fingerprint density at radius 2 is 1.63 bits per heavy atom. The Morgan fingerprint density at radius 3 is 2.30 bits per heavy atom. The van der Waals surface area contributed by atoms with Crippen molar-refractivity contribution in [2.75, 3.05) is 7.05 Å². The third-order valence-corrected chi connectivity index (χ3v) is 11.4. The van der Waals surface area contributed by atoms with Gasteiger partial charge in [-0.3, -0.25) is 4.79 Å². The number of rotatable bonds is 1. The topological polar surface area (TPSA) is 29.1 Å². The van der Waals surface area contributed by atoms with Gasteiger partial charge in [-0.25, -0.2) is 0 Å². The van der Waals surface area contributed by atoms with E-state index in [1.54, 1.807) is 0 Å². The Bertz CT molecular complexity index is 737. The number of nitrogens with one attached hydrogen (secondary N) is 1. The molecular formula is C25H39NO. The zero-order valence-corrected chi connectivity index (χ0v) is 18.4. The molecule has 0 aromatic rings. The van der Waals surface area contributed by atoms with E-state index in [-0.39, 0.29) is 10.8 Å². The van der Waals surface area contributed by atoms with Gasteiger partial charge in [0.25, 0.3) is 0 Å². The highest BCUT2D eigenvalue weighted by molar-refractivity contribution is 6.00. The van der Waals surface area contributed by atoms with Crippen LogP contribution in [0.3, 0.4) is 0 Å². The van der Waals surface area contributed by atoms with E-state index < -0.39 is 0 Å². The van der Waals surface area contributed by atoms with Gasteiger partial charge in [-0.2, -0.15) is 0 Å². The van der Waals surface area contributed by atoms with Crippen LogP contribution in [0.1, 0.15) is 86.0 Å². The van der Waals surface area contributed by atoms with Crippen LogP contribution in [0.4, 0.5) is 0 Å². The summed E-state index contributed by atoms with van der Waals surface area (Å²) in [7, 11) is 2.16.